The van der Waals surface area contributed by atoms with E-state index in [4.69, 9.17) is 14.2 Å². The molecular formula is C28H42N2O5. The van der Waals surface area contributed by atoms with Crippen LogP contribution in [-0.2, 0) is 26.1 Å². The van der Waals surface area contributed by atoms with Gasteiger partial charge in [-0.15, -0.1) is 0 Å². The Bertz CT molecular complexity index is 1010. The number of rotatable bonds is 6. The molecule has 0 amide bonds. The number of hydrogen-bond donors (Lipinski definition) is 2. The quantitative estimate of drug-likeness (QED) is 0.596. The van der Waals surface area contributed by atoms with E-state index in [0.717, 1.165) is 44.2 Å². The molecule has 0 aromatic heterocycles. The summed E-state index contributed by atoms with van der Waals surface area (Å²) < 4.78 is 19.1. The summed E-state index contributed by atoms with van der Waals surface area (Å²) in [7, 11) is 4.04. The number of nitrogens with one attached hydrogen (secondary N) is 1. The third-order valence-corrected chi connectivity index (χ3v) is 9.32. The molecule has 1 spiro atoms. The number of piperidine rings is 1. The van der Waals surface area contributed by atoms with Crippen LogP contribution >= 0.6 is 0 Å². The van der Waals surface area contributed by atoms with E-state index in [1.165, 1.54) is 5.56 Å². The molecule has 4 aliphatic rings. The van der Waals surface area contributed by atoms with E-state index in [0.29, 0.717) is 5.75 Å². The lowest BCUT2D eigenvalue weighted by atomic mass is 9.48. The van der Waals surface area contributed by atoms with Crippen LogP contribution in [0.5, 0.6) is 11.5 Å². The Labute approximate surface area is 209 Å². The molecule has 35 heavy (non-hydrogen) atoms. The lowest BCUT2D eigenvalue weighted by molar-refractivity contribution is -0.204. The predicted octanol–water partition coefficient (Wildman–Crippen LogP) is 3.54. The van der Waals surface area contributed by atoms with Crippen LogP contribution in [0.25, 0.3) is 0 Å². The summed E-state index contributed by atoms with van der Waals surface area (Å²) in [5, 5.41) is 14.6. The van der Waals surface area contributed by atoms with Crippen molar-refractivity contribution < 1.29 is 24.1 Å². The second-order valence-electron chi connectivity index (χ2n) is 12.2. The summed E-state index contributed by atoms with van der Waals surface area (Å²) in [5.41, 5.74) is 1.07. The van der Waals surface area contributed by atoms with Crippen LogP contribution in [0.4, 0.5) is 0 Å². The van der Waals surface area contributed by atoms with Crippen LogP contribution in [0.2, 0.25) is 0 Å². The average molecular weight is 487 g/mol. The molecule has 7 atom stereocenters. The van der Waals surface area contributed by atoms with Gasteiger partial charge >= 0.3 is 5.97 Å². The summed E-state index contributed by atoms with van der Waals surface area (Å²) >= 11 is 0. The van der Waals surface area contributed by atoms with Gasteiger partial charge in [0.2, 0.25) is 0 Å². The molecule has 2 N–H and O–H groups in total. The monoisotopic (exact) mass is 486 g/mol. The Balaban J connectivity index is 1.57. The number of aromatic hydroxyl groups is 1. The van der Waals surface area contributed by atoms with Crippen LogP contribution in [-0.4, -0.2) is 72.1 Å². The maximum Gasteiger partial charge on any atom is 0.323 e. The number of methoxy groups -OCH3 is 1. The van der Waals surface area contributed by atoms with Crippen LogP contribution in [0.15, 0.2) is 12.1 Å². The first kappa shape index (κ1) is 24.8. The normalized spacial score (nSPS) is 35.1. The van der Waals surface area contributed by atoms with Crippen molar-refractivity contribution in [3.63, 3.8) is 0 Å². The highest BCUT2D eigenvalue weighted by Gasteiger charge is 2.73. The minimum atomic E-state index is -0.549. The molecule has 0 unspecified atom stereocenters. The number of nitrogens with zero attached hydrogens (tertiary/aromatic N) is 1. The van der Waals surface area contributed by atoms with Crippen molar-refractivity contribution in [3.8, 4) is 11.5 Å². The molecule has 7 heteroatoms. The zero-order valence-corrected chi connectivity index (χ0v) is 22.3. The fourth-order valence-electron chi connectivity index (χ4n) is 7.61. The molecule has 1 saturated carbocycles. The van der Waals surface area contributed by atoms with Gasteiger partial charge in [0, 0.05) is 24.8 Å². The maximum atomic E-state index is 13.3. The Hall–Kier alpha value is -1.83. The maximum absolute atomic E-state index is 13.3. The van der Waals surface area contributed by atoms with E-state index in [1.54, 1.807) is 6.07 Å². The molecule has 2 fully saturated rings. The first-order chi connectivity index (χ1) is 16.5. The SMILES string of the molecule is CC[C@H](C)[C@H](N[C@@H]1CC[C@@]2(OC)[C@H]3Cc4ccc(O)c5c4[C@@]2(CCN3C)[C@H]1O5)C(=O)OC(C)(C)C. The summed E-state index contributed by atoms with van der Waals surface area (Å²) in [6, 6.07) is 3.58. The molecule has 7 nitrogen and oxygen atoms in total. The first-order valence-corrected chi connectivity index (χ1v) is 13.3. The predicted molar refractivity (Wildman–Crippen MR) is 134 cm³/mol. The molecular weight excluding hydrogens is 444 g/mol. The molecule has 2 heterocycles. The number of ether oxygens (including phenoxy) is 3. The molecule has 1 aromatic rings. The highest BCUT2D eigenvalue weighted by molar-refractivity contribution is 5.76. The van der Waals surface area contributed by atoms with E-state index in [-0.39, 0.29) is 41.2 Å². The van der Waals surface area contributed by atoms with Gasteiger partial charge in [0.1, 0.15) is 17.7 Å². The van der Waals surface area contributed by atoms with Gasteiger partial charge in [-0.1, -0.05) is 26.3 Å². The van der Waals surface area contributed by atoms with Crippen molar-refractivity contribution >= 4 is 5.97 Å². The Morgan fingerprint density at radius 2 is 2.09 bits per heavy atom. The van der Waals surface area contributed by atoms with Crippen molar-refractivity contribution in [3.05, 3.63) is 23.3 Å². The number of esters is 1. The molecule has 2 bridgehead atoms. The first-order valence-electron chi connectivity index (χ1n) is 13.3. The molecule has 5 rings (SSSR count). The lowest BCUT2D eigenvalue weighted by Gasteiger charge is -2.65. The van der Waals surface area contributed by atoms with E-state index in [1.807, 2.05) is 27.9 Å². The number of phenolic OH excluding ortho intramolecular Hbond substituents is 1. The summed E-state index contributed by atoms with van der Waals surface area (Å²) in [5.74, 6) is 0.708. The van der Waals surface area contributed by atoms with Gasteiger partial charge in [0.25, 0.3) is 0 Å². The van der Waals surface area contributed by atoms with Crippen molar-refractivity contribution in [1.29, 1.82) is 0 Å². The minimum Gasteiger partial charge on any atom is -0.504 e. The Kier molecular flexibility index (Phi) is 5.93. The van der Waals surface area contributed by atoms with E-state index < -0.39 is 17.2 Å². The van der Waals surface area contributed by atoms with Crippen molar-refractivity contribution in [2.45, 2.75) is 108 Å². The number of hydrogen-bond acceptors (Lipinski definition) is 7. The number of carbonyl (C=O) groups is 1. The second-order valence-corrected chi connectivity index (χ2v) is 12.2. The number of likely N-dealkylation sites (N-methyl/N-ethyl adjacent to an activating group) is 1. The van der Waals surface area contributed by atoms with Gasteiger partial charge in [-0.25, -0.2) is 0 Å². The van der Waals surface area contributed by atoms with Crippen molar-refractivity contribution in [1.82, 2.24) is 10.2 Å². The zero-order valence-electron chi connectivity index (χ0n) is 22.3. The lowest BCUT2D eigenvalue weighted by Crippen LogP contribution is -2.78. The molecule has 194 valence electrons. The Morgan fingerprint density at radius 1 is 1.34 bits per heavy atom. The number of benzene rings is 1. The third kappa shape index (κ3) is 3.45. The molecule has 1 aromatic carbocycles. The summed E-state index contributed by atoms with van der Waals surface area (Å²) in [6.07, 6.45) is 4.09. The third-order valence-electron chi connectivity index (χ3n) is 9.32. The van der Waals surface area contributed by atoms with Gasteiger partial charge in [-0.05, 0) is 77.6 Å². The summed E-state index contributed by atoms with van der Waals surface area (Å²) in [4.78, 5) is 15.7. The van der Waals surface area contributed by atoms with Crippen molar-refractivity contribution in [2.75, 3.05) is 20.7 Å². The highest BCUT2D eigenvalue weighted by atomic mass is 16.6. The van der Waals surface area contributed by atoms with Crippen molar-refractivity contribution in [2.24, 2.45) is 5.92 Å². The molecule has 0 radical (unpaired) electrons. The van der Waals surface area contributed by atoms with Crippen LogP contribution in [0, 0.1) is 5.92 Å². The van der Waals surface area contributed by atoms with Gasteiger partial charge < -0.3 is 24.2 Å². The molecule has 1 saturated heterocycles. The van der Waals surface area contributed by atoms with Crippen LogP contribution < -0.4 is 10.1 Å². The number of phenols is 1. The molecule has 2 aliphatic heterocycles. The van der Waals surface area contributed by atoms with E-state index in [2.05, 4.69) is 37.2 Å². The van der Waals surface area contributed by atoms with E-state index in [9.17, 15) is 9.90 Å². The van der Waals surface area contributed by atoms with Gasteiger partial charge in [-0.3, -0.25) is 10.1 Å². The van der Waals surface area contributed by atoms with Gasteiger partial charge in [0.05, 0.1) is 11.0 Å². The smallest absolute Gasteiger partial charge is 0.323 e. The minimum absolute atomic E-state index is 0.0633. The van der Waals surface area contributed by atoms with Crippen LogP contribution in [0.3, 0.4) is 0 Å². The topological polar surface area (TPSA) is 80.3 Å². The fourth-order valence-corrected chi connectivity index (χ4v) is 7.61. The van der Waals surface area contributed by atoms with E-state index >= 15 is 0 Å². The van der Waals surface area contributed by atoms with Gasteiger partial charge in [-0.2, -0.15) is 0 Å². The largest absolute Gasteiger partial charge is 0.504 e. The zero-order chi connectivity index (χ0) is 25.3. The Morgan fingerprint density at radius 3 is 2.74 bits per heavy atom. The van der Waals surface area contributed by atoms with Crippen LogP contribution in [0.1, 0.15) is 71.4 Å². The second kappa shape index (κ2) is 8.35. The molecule has 2 aliphatic carbocycles. The highest BCUT2D eigenvalue weighted by Crippen LogP contribution is 2.66. The number of carbonyl (C=O) groups excluding carboxylic acids is 1. The fraction of sp³-hybridized carbons (Fsp3) is 0.750. The standard InChI is InChI=1S/C28H42N2O5/c1-8-16(2)22(25(32)35-26(3,4)5)29-18-11-12-28(33-7)20-15-17-9-10-19(31)23-21(17)27(28,24(18)34-23)13-14-30(20)6/h9-10,16,18,20,22,24,29,31H,8,11-15H2,1-7H3/t16-,18+,20+,22-,24-,27-,28+/m0/s1. The average Bonchev–Trinajstić information content (AvgIpc) is 3.16. The number of likely N-dealkylation sites (tertiary alicyclic amines) is 1. The summed E-state index contributed by atoms with van der Waals surface area (Å²) in [6.45, 7) is 10.9. The van der Waals surface area contributed by atoms with Gasteiger partial charge in [0.15, 0.2) is 11.5 Å².